The molecule has 1 heterocycles. The highest BCUT2D eigenvalue weighted by molar-refractivity contribution is 5.98. The van der Waals surface area contributed by atoms with Crippen LogP contribution in [0.4, 0.5) is 5.69 Å². The van der Waals surface area contributed by atoms with Gasteiger partial charge in [-0.15, -0.1) is 0 Å². The second kappa shape index (κ2) is 7.21. The van der Waals surface area contributed by atoms with Crippen molar-refractivity contribution in [2.75, 3.05) is 11.9 Å². The van der Waals surface area contributed by atoms with E-state index >= 15 is 0 Å². The van der Waals surface area contributed by atoms with Gasteiger partial charge >= 0.3 is 0 Å². The lowest BCUT2D eigenvalue weighted by atomic mass is 9.97. The Labute approximate surface area is 140 Å². The van der Waals surface area contributed by atoms with Crippen molar-refractivity contribution in [1.82, 2.24) is 4.98 Å². The van der Waals surface area contributed by atoms with Crippen molar-refractivity contribution in [2.24, 2.45) is 5.73 Å². The largest absolute Gasteiger partial charge is 0.392 e. The number of nitrogens with two attached hydrogens (primary N) is 1. The van der Waals surface area contributed by atoms with Crippen molar-refractivity contribution in [3.8, 4) is 0 Å². The summed E-state index contributed by atoms with van der Waals surface area (Å²) in [6, 6.07) is 14.8. The van der Waals surface area contributed by atoms with E-state index in [1.165, 1.54) is 0 Å². The number of hydrogen-bond donors (Lipinski definition) is 3. The zero-order valence-electron chi connectivity index (χ0n) is 13.1. The molecule has 0 saturated heterocycles. The van der Waals surface area contributed by atoms with Gasteiger partial charge in [0.1, 0.15) is 0 Å². The van der Waals surface area contributed by atoms with Crippen molar-refractivity contribution in [3.05, 3.63) is 72.1 Å². The van der Waals surface area contributed by atoms with E-state index in [2.05, 4.69) is 10.3 Å². The zero-order chi connectivity index (χ0) is 16.9. The molecule has 122 valence electrons. The molecule has 5 nitrogen and oxygen atoms in total. The van der Waals surface area contributed by atoms with Crippen molar-refractivity contribution in [2.45, 2.75) is 12.5 Å². The van der Waals surface area contributed by atoms with Gasteiger partial charge in [0.05, 0.1) is 12.5 Å². The SMILES string of the molecule is NC[C@H](C(=O)Nc1ccc2cnccc2c1)c1ccc(CO)cc1. The molecule has 3 aromatic rings. The van der Waals surface area contributed by atoms with Crippen LogP contribution in [0.25, 0.3) is 10.8 Å². The summed E-state index contributed by atoms with van der Waals surface area (Å²) in [6.45, 7) is 0.188. The molecule has 0 unspecified atom stereocenters. The van der Waals surface area contributed by atoms with Gasteiger partial charge < -0.3 is 16.2 Å². The number of carbonyl (C=O) groups excluding carboxylic acids is 1. The van der Waals surface area contributed by atoms with E-state index in [1.807, 2.05) is 36.4 Å². The summed E-state index contributed by atoms with van der Waals surface area (Å²) in [4.78, 5) is 16.7. The summed E-state index contributed by atoms with van der Waals surface area (Å²) in [5.74, 6) is -0.589. The first kappa shape index (κ1) is 16.1. The fourth-order valence-electron chi connectivity index (χ4n) is 2.64. The van der Waals surface area contributed by atoms with Crippen LogP contribution < -0.4 is 11.1 Å². The van der Waals surface area contributed by atoms with Gasteiger partial charge in [-0.1, -0.05) is 30.3 Å². The molecule has 24 heavy (non-hydrogen) atoms. The average Bonchev–Trinajstić information content (AvgIpc) is 2.63. The number of nitrogens with one attached hydrogen (secondary N) is 1. The molecule has 1 amide bonds. The lowest BCUT2D eigenvalue weighted by molar-refractivity contribution is -0.117. The fraction of sp³-hybridized carbons (Fsp3) is 0.158. The minimum atomic E-state index is -0.439. The van der Waals surface area contributed by atoms with Crippen LogP contribution in [0.3, 0.4) is 0 Å². The maximum atomic E-state index is 12.6. The number of amides is 1. The smallest absolute Gasteiger partial charge is 0.233 e. The van der Waals surface area contributed by atoms with Crippen molar-refractivity contribution < 1.29 is 9.90 Å². The second-order valence-corrected chi connectivity index (χ2v) is 5.61. The Bertz CT molecular complexity index is 847. The highest BCUT2D eigenvalue weighted by Gasteiger charge is 2.19. The van der Waals surface area contributed by atoms with E-state index < -0.39 is 5.92 Å². The summed E-state index contributed by atoms with van der Waals surface area (Å²) in [7, 11) is 0. The molecule has 0 spiro atoms. The Morgan fingerprint density at radius 2 is 1.92 bits per heavy atom. The minimum absolute atomic E-state index is 0.0221. The third-order valence-electron chi connectivity index (χ3n) is 4.02. The van der Waals surface area contributed by atoms with Crippen LogP contribution in [0.15, 0.2) is 60.9 Å². The van der Waals surface area contributed by atoms with Crippen LogP contribution in [0.1, 0.15) is 17.0 Å². The quantitative estimate of drug-likeness (QED) is 0.673. The van der Waals surface area contributed by atoms with Crippen LogP contribution in [0.5, 0.6) is 0 Å². The number of aliphatic hydroxyl groups excluding tert-OH is 1. The normalized spacial score (nSPS) is 12.1. The standard InChI is InChI=1S/C19H19N3O2/c20-10-18(14-3-1-13(12-23)2-4-14)19(24)22-17-6-5-16-11-21-8-7-15(16)9-17/h1-9,11,18,23H,10,12,20H2,(H,22,24)/t18-/m0/s1. The van der Waals surface area contributed by atoms with E-state index in [0.717, 1.165) is 27.6 Å². The third kappa shape index (κ3) is 3.42. The van der Waals surface area contributed by atoms with Crippen molar-refractivity contribution >= 4 is 22.4 Å². The molecule has 0 fully saturated rings. The molecule has 3 rings (SSSR count). The van der Waals surface area contributed by atoms with Crippen LogP contribution >= 0.6 is 0 Å². The molecule has 1 atom stereocenters. The summed E-state index contributed by atoms with van der Waals surface area (Å²) in [5.41, 5.74) is 8.16. The van der Waals surface area contributed by atoms with Crippen molar-refractivity contribution in [3.63, 3.8) is 0 Å². The Morgan fingerprint density at radius 1 is 1.12 bits per heavy atom. The predicted octanol–water partition coefficient (Wildman–Crippen LogP) is 2.41. The fourth-order valence-corrected chi connectivity index (χ4v) is 2.64. The van der Waals surface area contributed by atoms with Crippen molar-refractivity contribution in [1.29, 1.82) is 0 Å². The Morgan fingerprint density at radius 3 is 2.62 bits per heavy atom. The summed E-state index contributed by atoms with van der Waals surface area (Å²) < 4.78 is 0. The molecule has 1 aromatic heterocycles. The van der Waals surface area contributed by atoms with Gasteiger partial charge in [-0.3, -0.25) is 9.78 Å². The lowest BCUT2D eigenvalue weighted by Crippen LogP contribution is -2.27. The number of benzene rings is 2. The van der Waals surface area contributed by atoms with Gasteiger partial charge in [0, 0.05) is 30.0 Å². The van der Waals surface area contributed by atoms with Gasteiger partial charge in [-0.05, 0) is 34.7 Å². The number of fused-ring (bicyclic) bond motifs is 1. The lowest BCUT2D eigenvalue weighted by Gasteiger charge is -2.16. The van der Waals surface area contributed by atoms with Gasteiger partial charge in [-0.25, -0.2) is 0 Å². The molecule has 0 radical (unpaired) electrons. The molecule has 0 aliphatic carbocycles. The van der Waals surface area contributed by atoms with Crippen LogP contribution in [-0.4, -0.2) is 22.5 Å². The summed E-state index contributed by atoms with van der Waals surface area (Å²) in [5, 5.41) is 14.1. The Hall–Kier alpha value is -2.76. The van der Waals surface area contributed by atoms with Crippen LogP contribution in [-0.2, 0) is 11.4 Å². The number of carbonyl (C=O) groups is 1. The summed E-state index contributed by atoms with van der Waals surface area (Å²) >= 11 is 0. The van der Waals surface area contributed by atoms with Gasteiger partial charge in [-0.2, -0.15) is 0 Å². The Kier molecular flexibility index (Phi) is 4.84. The predicted molar refractivity (Wildman–Crippen MR) is 94.5 cm³/mol. The molecule has 0 aliphatic heterocycles. The average molecular weight is 321 g/mol. The topological polar surface area (TPSA) is 88.2 Å². The minimum Gasteiger partial charge on any atom is -0.392 e. The van der Waals surface area contributed by atoms with E-state index in [9.17, 15) is 4.79 Å². The highest BCUT2D eigenvalue weighted by atomic mass is 16.3. The highest BCUT2D eigenvalue weighted by Crippen LogP contribution is 2.21. The number of aromatic nitrogens is 1. The molecule has 5 heteroatoms. The molecule has 0 bridgehead atoms. The number of hydrogen-bond acceptors (Lipinski definition) is 4. The van der Waals surface area contributed by atoms with E-state index in [-0.39, 0.29) is 19.1 Å². The first-order chi connectivity index (χ1) is 11.7. The summed E-state index contributed by atoms with van der Waals surface area (Å²) in [6.07, 6.45) is 3.51. The van der Waals surface area contributed by atoms with Gasteiger partial charge in [0.25, 0.3) is 0 Å². The Balaban J connectivity index is 1.79. The van der Waals surface area contributed by atoms with Gasteiger partial charge in [0.15, 0.2) is 0 Å². The van der Waals surface area contributed by atoms with Gasteiger partial charge in [0.2, 0.25) is 5.91 Å². The van der Waals surface area contributed by atoms with E-state index in [1.54, 1.807) is 24.5 Å². The molecule has 0 saturated carbocycles. The number of aliphatic hydroxyl groups is 1. The second-order valence-electron chi connectivity index (χ2n) is 5.61. The van der Waals surface area contributed by atoms with E-state index in [4.69, 9.17) is 10.8 Å². The third-order valence-corrected chi connectivity index (χ3v) is 4.02. The maximum Gasteiger partial charge on any atom is 0.233 e. The maximum absolute atomic E-state index is 12.6. The zero-order valence-corrected chi connectivity index (χ0v) is 13.1. The van der Waals surface area contributed by atoms with E-state index in [0.29, 0.717) is 0 Å². The monoisotopic (exact) mass is 321 g/mol. The number of rotatable bonds is 5. The van der Waals surface area contributed by atoms with Crippen LogP contribution in [0.2, 0.25) is 0 Å². The molecular formula is C19H19N3O2. The number of anilines is 1. The first-order valence-corrected chi connectivity index (χ1v) is 7.75. The number of nitrogens with zero attached hydrogens (tertiary/aromatic N) is 1. The molecule has 4 N–H and O–H groups in total. The first-order valence-electron chi connectivity index (χ1n) is 7.75. The van der Waals surface area contributed by atoms with Crippen LogP contribution in [0, 0.1) is 0 Å². The molecule has 2 aromatic carbocycles. The molecular weight excluding hydrogens is 302 g/mol. The number of pyridine rings is 1. The molecule has 0 aliphatic rings.